The van der Waals surface area contributed by atoms with Crippen LogP contribution in [0.15, 0.2) is 6.33 Å². The molecule has 0 aliphatic heterocycles. The monoisotopic (exact) mass is 278 g/mol. The normalized spacial score (nSPS) is 18.8. The third-order valence-corrected chi connectivity index (χ3v) is 4.27. The summed E-state index contributed by atoms with van der Waals surface area (Å²) in [6.45, 7) is 13.3. The molecule has 20 heavy (non-hydrogen) atoms. The number of nitrogens with one attached hydrogen (secondary N) is 1. The number of nitrogens with zero attached hydrogens (tertiary/aromatic N) is 3. The lowest BCUT2D eigenvalue weighted by molar-refractivity contribution is 0.238. The summed E-state index contributed by atoms with van der Waals surface area (Å²) in [4.78, 5) is 4.52. The van der Waals surface area contributed by atoms with Gasteiger partial charge in [-0.25, -0.2) is 9.67 Å². The maximum absolute atomic E-state index is 4.52. The van der Waals surface area contributed by atoms with Crippen LogP contribution in [-0.2, 0) is 13.0 Å². The maximum Gasteiger partial charge on any atom is 0.138 e. The highest BCUT2D eigenvalue weighted by molar-refractivity contribution is 5.00. The van der Waals surface area contributed by atoms with Crippen molar-refractivity contribution in [3.8, 4) is 0 Å². The lowest BCUT2D eigenvalue weighted by atomic mass is 9.81. The van der Waals surface area contributed by atoms with E-state index in [1.807, 2.05) is 0 Å². The third-order valence-electron chi connectivity index (χ3n) is 4.27. The van der Waals surface area contributed by atoms with E-state index in [0.29, 0.717) is 17.4 Å². The first kappa shape index (κ1) is 15.5. The fraction of sp³-hybridized carbons (Fsp3) is 0.875. The van der Waals surface area contributed by atoms with Gasteiger partial charge in [-0.3, -0.25) is 0 Å². The Balaban J connectivity index is 2.06. The topological polar surface area (TPSA) is 42.7 Å². The summed E-state index contributed by atoms with van der Waals surface area (Å²) in [6, 6.07) is 0.543. The van der Waals surface area contributed by atoms with Gasteiger partial charge in [0.05, 0.1) is 0 Å². The van der Waals surface area contributed by atoms with Gasteiger partial charge in [-0.2, -0.15) is 5.10 Å². The Hall–Kier alpha value is -0.900. The molecule has 1 saturated carbocycles. The van der Waals surface area contributed by atoms with Crippen LogP contribution >= 0.6 is 0 Å². The standard InChI is InChI=1S/C16H30N4/c1-12(2)9-20-15(18-11-19-20)8-16(5,14-6-7-14)10-17-13(3)4/h11-14,17H,6-10H2,1-5H3. The van der Waals surface area contributed by atoms with E-state index in [9.17, 15) is 0 Å². The van der Waals surface area contributed by atoms with Crippen LogP contribution in [0.2, 0.25) is 0 Å². The molecule has 4 nitrogen and oxygen atoms in total. The second kappa shape index (κ2) is 6.25. The molecule has 1 fully saturated rings. The molecule has 1 N–H and O–H groups in total. The lowest BCUT2D eigenvalue weighted by Gasteiger charge is -2.31. The van der Waals surface area contributed by atoms with Crippen molar-refractivity contribution in [1.29, 1.82) is 0 Å². The Morgan fingerprint density at radius 2 is 2.05 bits per heavy atom. The van der Waals surface area contributed by atoms with Gasteiger partial charge in [-0.05, 0) is 30.1 Å². The molecule has 1 heterocycles. The van der Waals surface area contributed by atoms with Gasteiger partial charge in [0.15, 0.2) is 0 Å². The lowest BCUT2D eigenvalue weighted by Crippen LogP contribution is -2.39. The predicted octanol–water partition coefficient (Wildman–Crippen LogP) is 2.89. The molecule has 0 aromatic carbocycles. The quantitative estimate of drug-likeness (QED) is 0.795. The number of aromatic nitrogens is 3. The first-order chi connectivity index (χ1) is 9.40. The molecule has 0 radical (unpaired) electrons. The predicted molar refractivity (Wildman–Crippen MR) is 82.5 cm³/mol. The minimum atomic E-state index is 0.312. The molecule has 2 rings (SSSR count). The van der Waals surface area contributed by atoms with Gasteiger partial charge in [-0.1, -0.05) is 34.6 Å². The average molecular weight is 278 g/mol. The van der Waals surface area contributed by atoms with Crippen LogP contribution in [0.5, 0.6) is 0 Å². The van der Waals surface area contributed by atoms with Crippen molar-refractivity contribution in [2.24, 2.45) is 17.3 Å². The summed E-state index contributed by atoms with van der Waals surface area (Å²) in [5.74, 6) is 2.60. The highest BCUT2D eigenvalue weighted by atomic mass is 15.3. The molecular weight excluding hydrogens is 248 g/mol. The first-order valence-electron chi connectivity index (χ1n) is 8.01. The minimum Gasteiger partial charge on any atom is -0.314 e. The number of hydrogen-bond acceptors (Lipinski definition) is 3. The molecule has 0 bridgehead atoms. The fourth-order valence-corrected chi connectivity index (χ4v) is 2.85. The molecule has 1 unspecified atom stereocenters. The third kappa shape index (κ3) is 4.05. The SMILES string of the molecule is CC(C)Cn1ncnc1CC(C)(CNC(C)C)C1CC1. The van der Waals surface area contributed by atoms with Crippen LogP contribution in [0.25, 0.3) is 0 Å². The Kier molecular flexibility index (Phi) is 4.84. The fourth-order valence-electron chi connectivity index (χ4n) is 2.85. The summed E-state index contributed by atoms with van der Waals surface area (Å²) in [7, 11) is 0. The Bertz CT molecular complexity index is 420. The van der Waals surface area contributed by atoms with Crippen molar-refractivity contribution >= 4 is 0 Å². The number of rotatable bonds is 8. The average Bonchev–Trinajstić information content (AvgIpc) is 3.13. The van der Waals surface area contributed by atoms with E-state index in [1.54, 1.807) is 6.33 Å². The highest BCUT2D eigenvalue weighted by Gasteiger charge is 2.42. The van der Waals surface area contributed by atoms with Crippen LogP contribution in [0, 0.1) is 17.3 Å². The largest absolute Gasteiger partial charge is 0.314 e. The Morgan fingerprint density at radius 3 is 2.60 bits per heavy atom. The van der Waals surface area contributed by atoms with Crippen LogP contribution in [0.1, 0.15) is 53.3 Å². The van der Waals surface area contributed by atoms with E-state index in [-0.39, 0.29) is 0 Å². The van der Waals surface area contributed by atoms with Gasteiger partial charge in [0.2, 0.25) is 0 Å². The van der Waals surface area contributed by atoms with Crippen molar-refractivity contribution in [2.45, 2.75) is 66.5 Å². The summed E-state index contributed by atoms with van der Waals surface area (Å²) in [6.07, 6.45) is 5.48. The van der Waals surface area contributed by atoms with Crippen molar-refractivity contribution in [2.75, 3.05) is 6.54 Å². The van der Waals surface area contributed by atoms with E-state index in [0.717, 1.165) is 31.3 Å². The van der Waals surface area contributed by atoms with Crippen molar-refractivity contribution in [1.82, 2.24) is 20.1 Å². The van der Waals surface area contributed by atoms with Gasteiger partial charge in [0.1, 0.15) is 12.2 Å². The molecule has 4 heteroatoms. The van der Waals surface area contributed by atoms with Crippen molar-refractivity contribution in [3.63, 3.8) is 0 Å². The van der Waals surface area contributed by atoms with Gasteiger partial charge in [0.25, 0.3) is 0 Å². The summed E-state index contributed by atoms with van der Waals surface area (Å²) in [5.41, 5.74) is 0.312. The van der Waals surface area contributed by atoms with Crippen molar-refractivity contribution in [3.05, 3.63) is 12.2 Å². The molecule has 1 atom stereocenters. The molecule has 1 aromatic rings. The second-order valence-corrected chi connectivity index (χ2v) is 7.39. The molecule has 0 spiro atoms. The van der Waals surface area contributed by atoms with Crippen molar-refractivity contribution < 1.29 is 0 Å². The van der Waals surface area contributed by atoms with E-state index in [2.05, 4.69) is 54.7 Å². The highest BCUT2D eigenvalue weighted by Crippen LogP contribution is 2.46. The molecule has 114 valence electrons. The molecule has 0 saturated heterocycles. The van der Waals surface area contributed by atoms with E-state index >= 15 is 0 Å². The molecule has 1 aliphatic carbocycles. The molecular formula is C16H30N4. The van der Waals surface area contributed by atoms with Gasteiger partial charge in [-0.15, -0.1) is 0 Å². The van der Waals surface area contributed by atoms with E-state index in [1.165, 1.54) is 12.8 Å². The first-order valence-corrected chi connectivity index (χ1v) is 8.01. The minimum absolute atomic E-state index is 0.312. The zero-order chi connectivity index (χ0) is 14.8. The molecule has 0 amide bonds. The van der Waals surface area contributed by atoms with Gasteiger partial charge in [0, 0.05) is 25.6 Å². The van der Waals surface area contributed by atoms with Gasteiger partial charge < -0.3 is 5.32 Å². The van der Waals surface area contributed by atoms with Crippen LogP contribution in [-0.4, -0.2) is 27.4 Å². The Morgan fingerprint density at radius 1 is 1.35 bits per heavy atom. The van der Waals surface area contributed by atoms with Crippen LogP contribution in [0.3, 0.4) is 0 Å². The molecule has 1 aromatic heterocycles. The van der Waals surface area contributed by atoms with Crippen LogP contribution < -0.4 is 5.32 Å². The zero-order valence-corrected chi connectivity index (χ0v) is 13.7. The summed E-state index contributed by atoms with van der Waals surface area (Å²) >= 11 is 0. The summed E-state index contributed by atoms with van der Waals surface area (Å²) in [5, 5.41) is 8.02. The Labute approximate surface area is 123 Å². The molecule has 1 aliphatic rings. The zero-order valence-electron chi connectivity index (χ0n) is 13.7. The second-order valence-electron chi connectivity index (χ2n) is 7.39. The smallest absolute Gasteiger partial charge is 0.138 e. The summed E-state index contributed by atoms with van der Waals surface area (Å²) < 4.78 is 2.10. The maximum atomic E-state index is 4.52. The van der Waals surface area contributed by atoms with Gasteiger partial charge >= 0.3 is 0 Å². The van der Waals surface area contributed by atoms with E-state index < -0.39 is 0 Å². The van der Waals surface area contributed by atoms with Crippen LogP contribution in [0.4, 0.5) is 0 Å². The van der Waals surface area contributed by atoms with E-state index in [4.69, 9.17) is 0 Å². The number of hydrogen-bond donors (Lipinski definition) is 1.